The highest BCUT2D eigenvalue weighted by molar-refractivity contribution is 5.96. The Morgan fingerprint density at radius 2 is 1.85 bits per heavy atom. The van der Waals surface area contributed by atoms with Crippen molar-refractivity contribution < 1.29 is 9.90 Å². The lowest BCUT2D eigenvalue weighted by Gasteiger charge is -2.27. The number of carbonyl (C=O) groups excluding carboxylic acids is 1. The minimum absolute atomic E-state index is 0.129. The number of aromatic hydroxyl groups is 1. The topological polar surface area (TPSA) is 37.3 Å². The van der Waals surface area contributed by atoms with E-state index in [4.69, 9.17) is 0 Å². The molecule has 0 aliphatic heterocycles. The van der Waals surface area contributed by atoms with Crippen LogP contribution in [0.3, 0.4) is 0 Å². The summed E-state index contributed by atoms with van der Waals surface area (Å²) in [5.41, 5.74) is 2.41. The molecule has 1 aromatic rings. The fourth-order valence-corrected chi connectivity index (χ4v) is 2.32. The van der Waals surface area contributed by atoms with Crippen LogP contribution in [0, 0.1) is 0 Å². The molecular weight excluding hydrogens is 248 g/mol. The smallest absolute Gasteiger partial charge is 0.162 e. The summed E-state index contributed by atoms with van der Waals surface area (Å²) in [4.78, 5) is 12.1. The van der Waals surface area contributed by atoms with Crippen LogP contribution in [-0.4, -0.2) is 10.9 Å². The van der Waals surface area contributed by atoms with Gasteiger partial charge in [0.25, 0.3) is 0 Å². The normalized spacial score (nSPS) is 13.3. The highest BCUT2D eigenvalue weighted by Gasteiger charge is 2.26. The van der Waals surface area contributed by atoms with Crippen LogP contribution in [0.4, 0.5) is 0 Å². The Balaban J connectivity index is 3.54. The molecule has 0 heterocycles. The molecule has 0 saturated heterocycles. The van der Waals surface area contributed by atoms with Crippen LogP contribution in [0.2, 0.25) is 0 Å². The van der Waals surface area contributed by atoms with Gasteiger partial charge in [0.05, 0.1) is 0 Å². The molecule has 2 heteroatoms. The Bertz CT molecular complexity index is 486. The third-order valence-corrected chi connectivity index (χ3v) is 4.54. The van der Waals surface area contributed by atoms with E-state index in [-0.39, 0.29) is 17.1 Å². The Kier molecular flexibility index (Phi) is 5.38. The van der Waals surface area contributed by atoms with Gasteiger partial charge in [-0.1, -0.05) is 41.5 Å². The summed E-state index contributed by atoms with van der Waals surface area (Å²) in [7, 11) is 0. The Morgan fingerprint density at radius 1 is 1.25 bits per heavy atom. The maximum Gasteiger partial charge on any atom is 0.162 e. The number of benzene rings is 1. The van der Waals surface area contributed by atoms with Crippen molar-refractivity contribution in [1.82, 2.24) is 0 Å². The number of phenolic OH excluding ortho intramolecular Hbond substituents is 1. The lowest BCUT2D eigenvalue weighted by atomic mass is 9.78. The SMILES string of the molecule is CCC(=O)c1cc(C(C)CC)c(O)c(C(C)(C)CC)c1. The minimum Gasteiger partial charge on any atom is -0.507 e. The second kappa shape index (κ2) is 6.43. The second-order valence-corrected chi connectivity index (χ2v) is 6.29. The van der Waals surface area contributed by atoms with Crippen molar-refractivity contribution >= 4 is 5.78 Å². The van der Waals surface area contributed by atoms with Crippen molar-refractivity contribution in [2.24, 2.45) is 0 Å². The average molecular weight is 276 g/mol. The van der Waals surface area contributed by atoms with E-state index >= 15 is 0 Å². The Morgan fingerprint density at radius 3 is 2.30 bits per heavy atom. The van der Waals surface area contributed by atoms with Gasteiger partial charge < -0.3 is 5.11 Å². The van der Waals surface area contributed by atoms with Crippen molar-refractivity contribution in [3.05, 3.63) is 28.8 Å². The molecule has 0 aliphatic carbocycles. The van der Waals surface area contributed by atoms with Crippen molar-refractivity contribution in [3.8, 4) is 5.75 Å². The molecule has 0 fully saturated rings. The lowest BCUT2D eigenvalue weighted by molar-refractivity contribution is 0.0988. The quantitative estimate of drug-likeness (QED) is 0.726. The van der Waals surface area contributed by atoms with E-state index in [9.17, 15) is 9.90 Å². The monoisotopic (exact) mass is 276 g/mol. The summed E-state index contributed by atoms with van der Waals surface area (Å²) in [5, 5.41) is 10.6. The van der Waals surface area contributed by atoms with Crippen molar-refractivity contribution in [2.45, 2.75) is 72.1 Å². The molecule has 0 spiro atoms. The van der Waals surface area contributed by atoms with Gasteiger partial charge in [0, 0.05) is 17.5 Å². The lowest BCUT2D eigenvalue weighted by Crippen LogP contribution is -2.18. The first-order chi connectivity index (χ1) is 9.28. The third kappa shape index (κ3) is 3.23. The number of phenols is 1. The van der Waals surface area contributed by atoms with Crippen LogP contribution in [-0.2, 0) is 5.41 Å². The third-order valence-electron chi connectivity index (χ3n) is 4.54. The minimum atomic E-state index is -0.129. The standard InChI is InChI=1S/C18H28O2/c1-7-12(4)14-10-13(16(19)8-2)11-15(17(14)20)18(5,6)9-3/h10-12,20H,7-9H2,1-6H3. The maximum absolute atomic E-state index is 12.1. The molecule has 0 amide bonds. The van der Waals surface area contributed by atoms with Gasteiger partial charge in [-0.3, -0.25) is 4.79 Å². The zero-order valence-electron chi connectivity index (χ0n) is 13.7. The molecule has 0 aliphatic rings. The summed E-state index contributed by atoms with van der Waals surface area (Å²) in [5.74, 6) is 0.771. The first kappa shape index (κ1) is 16.7. The molecule has 0 aromatic heterocycles. The van der Waals surface area contributed by atoms with E-state index in [1.165, 1.54) is 0 Å². The number of hydrogen-bond acceptors (Lipinski definition) is 2. The van der Waals surface area contributed by atoms with E-state index in [2.05, 4.69) is 34.6 Å². The van der Waals surface area contributed by atoms with Crippen LogP contribution in [0.25, 0.3) is 0 Å². The zero-order valence-corrected chi connectivity index (χ0v) is 13.7. The van der Waals surface area contributed by atoms with Gasteiger partial charge in [0.15, 0.2) is 5.78 Å². The molecule has 112 valence electrons. The van der Waals surface area contributed by atoms with Gasteiger partial charge in [-0.2, -0.15) is 0 Å². The van der Waals surface area contributed by atoms with Crippen LogP contribution in [0.1, 0.15) is 88.2 Å². The summed E-state index contributed by atoms with van der Waals surface area (Å²) in [6, 6.07) is 3.76. The first-order valence-electron chi connectivity index (χ1n) is 7.69. The van der Waals surface area contributed by atoms with Gasteiger partial charge in [0.1, 0.15) is 5.75 Å². The average Bonchev–Trinajstić information content (AvgIpc) is 2.45. The molecule has 1 rings (SSSR count). The fourth-order valence-electron chi connectivity index (χ4n) is 2.32. The van der Waals surface area contributed by atoms with Gasteiger partial charge >= 0.3 is 0 Å². The van der Waals surface area contributed by atoms with E-state index in [0.717, 1.165) is 29.5 Å². The van der Waals surface area contributed by atoms with E-state index in [0.29, 0.717) is 12.2 Å². The number of hydrogen-bond donors (Lipinski definition) is 1. The number of carbonyl (C=O) groups is 1. The van der Waals surface area contributed by atoms with E-state index in [1.807, 2.05) is 19.1 Å². The van der Waals surface area contributed by atoms with Crippen LogP contribution < -0.4 is 0 Å². The Labute approximate surface area is 123 Å². The molecule has 1 atom stereocenters. The molecule has 1 aromatic carbocycles. The maximum atomic E-state index is 12.1. The highest BCUT2D eigenvalue weighted by Crippen LogP contribution is 2.40. The van der Waals surface area contributed by atoms with E-state index in [1.54, 1.807) is 0 Å². The van der Waals surface area contributed by atoms with Gasteiger partial charge in [-0.25, -0.2) is 0 Å². The molecule has 2 nitrogen and oxygen atoms in total. The summed E-state index contributed by atoms with van der Waals surface area (Å²) < 4.78 is 0. The molecule has 0 radical (unpaired) electrons. The first-order valence-corrected chi connectivity index (χ1v) is 7.69. The van der Waals surface area contributed by atoms with Crippen LogP contribution in [0.5, 0.6) is 5.75 Å². The molecule has 0 bridgehead atoms. The number of rotatable bonds is 6. The zero-order chi connectivity index (χ0) is 15.5. The van der Waals surface area contributed by atoms with Crippen LogP contribution >= 0.6 is 0 Å². The molecule has 1 N–H and O–H groups in total. The molecule has 0 saturated carbocycles. The van der Waals surface area contributed by atoms with Crippen molar-refractivity contribution in [3.63, 3.8) is 0 Å². The van der Waals surface area contributed by atoms with Gasteiger partial charge in [0.2, 0.25) is 0 Å². The summed E-state index contributed by atoms with van der Waals surface area (Å²) >= 11 is 0. The van der Waals surface area contributed by atoms with Crippen LogP contribution in [0.15, 0.2) is 12.1 Å². The largest absolute Gasteiger partial charge is 0.507 e. The van der Waals surface area contributed by atoms with Gasteiger partial charge in [-0.05, 0) is 41.9 Å². The van der Waals surface area contributed by atoms with Crippen molar-refractivity contribution in [2.75, 3.05) is 0 Å². The highest BCUT2D eigenvalue weighted by atomic mass is 16.3. The van der Waals surface area contributed by atoms with Crippen molar-refractivity contribution in [1.29, 1.82) is 0 Å². The molecular formula is C18H28O2. The summed E-state index contributed by atoms with van der Waals surface area (Å²) in [6.07, 6.45) is 2.37. The Hall–Kier alpha value is -1.31. The van der Waals surface area contributed by atoms with Gasteiger partial charge in [-0.15, -0.1) is 0 Å². The number of ketones is 1. The number of Topliss-reactive ketones (excluding diaryl/α,β-unsaturated/α-hetero) is 1. The predicted octanol–water partition coefficient (Wildman–Crippen LogP) is 5.19. The second-order valence-electron chi connectivity index (χ2n) is 6.29. The fraction of sp³-hybridized carbons (Fsp3) is 0.611. The molecule has 20 heavy (non-hydrogen) atoms. The van der Waals surface area contributed by atoms with E-state index < -0.39 is 0 Å². The predicted molar refractivity (Wildman–Crippen MR) is 84.8 cm³/mol. The summed E-state index contributed by atoms with van der Waals surface area (Å²) in [6.45, 7) is 12.4. The molecule has 1 unspecified atom stereocenters.